The molecule has 2 atom stereocenters. The molecule has 34 heavy (non-hydrogen) atoms. The van der Waals surface area contributed by atoms with Gasteiger partial charge in [-0.15, -0.1) is 0 Å². The molecule has 0 aliphatic carbocycles. The lowest BCUT2D eigenvalue weighted by atomic mass is 9.81. The number of nitrogens with zero attached hydrogens (tertiary/aromatic N) is 2. The van der Waals surface area contributed by atoms with Crippen LogP contribution in [0, 0.1) is 5.82 Å². The molecule has 2 aromatic carbocycles. The van der Waals surface area contributed by atoms with Crippen molar-refractivity contribution in [3.05, 3.63) is 77.1 Å². The quantitative estimate of drug-likeness (QED) is 0.660. The highest BCUT2D eigenvalue weighted by Gasteiger charge is 2.55. The van der Waals surface area contributed by atoms with E-state index in [0.29, 0.717) is 25.1 Å². The third-order valence-corrected chi connectivity index (χ3v) is 7.70. The highest BCUT2D eigenvalue weighted by atomic mass is 32.2. The van der Waals surface area contributed by atoms with Crippen molar-refractivity contribution in [2.75, 3.05) is 17.9 Å². The van der Waals surface area contributed by atoms with Crippen molar-refractivity contribution in [1.82, 2.24) is 10.2 Å². The summed E-state index contributed by atoms with van der Waals surface area (Å²) in [6, 6.07) is 14.7. The van der Waals surface area contributed by atoms with Gasteiger partial charge in [-0.2, -0.15) is 0 Å². The Morgan fingerprint density at radius 1 is 1.21 bits per heavy atom. The molecule has 0 saturated carbocycles. The van der Waals surface area contributed by atoms with Crippen molar-refractivity contribution in [2.45, 2.75) is 51.8 Å². The summed E-state index contributed by atoms with van der Waals surface area (Å²) < 4.78 is 46.9. The Hall–Kier alpha value is -3.07. The number of nitrogens with one attached hydrogen (secondary N) is 1. The van der Waals surface area contributed by atoms with Gasteiger partial charge < -0.3 is 15.0 Å². The smallest absolute Gasteiger partial charge is 0.410 e. The first kappa shape index (κ1) is 25.6. The number of likely N-dealkylation sites (N-methyl/N-ethyl adjacent to an activating group) is 1. The molecule has 1 amide bonds. The monoisotopic (exact) mass is 491 g/mol. The molecule has 0 radical (unpaired) electrons. The van der Waals surface area contributed by atoms with Gasteiger partial charge in [0.2, 0.25) is 0 Å². The molecule has 2 aliphatic rings. The standard InChI is InChI=1S/C23H26FN3O4S.C2H6.H2/c1-17-14-23(11-12-26(17)22(28)31-15-18-7-4-3-5-8-18)21(25-2)16-32(29,30)27(23)20-10-6-9-19(24)13-20;1-2;/h3-10,13,16-17,25H,11-12,14-15H2,1-2H3;1-2H3;1H/t17-,23+;;/m0../s1. The van der Waals surface area contributed by atoms with Crippen molar-refractivity contribution in [3.8, 4) is 0 Å². The van der Waals surface area contributed by atoms with Gasteiger partial charge in [0.05, 0.1) is 22.3 Å². The van der Waals surface area contributed by atoms with Crippen LogP contribution in [-0.2, 0) is 21.4 Å². The van der Waals surface area contributed by atoms with Crippen LogP contribution in [-0.4, -0.2) is 44.6 Å². The Morgan fingerprint density at radius 3 is 2.53 bits per heavy atom. The molecule has 0 bridgehead atoms. The highest BCUT2D eigenvalue weighted by molar-refractivity contribution is 7.96. The van der Waals surface area contributed by atoms with Crippen LogP contribution in [0.4, 0.5) is 14.9 Å². The molecule has 1 saturated heterocycles. The van der Waals surface area contributed by atoms with E-state index >= 15 is 0 Å². The molecule has 1 spiro atoms. The number of amides is 1. The minimum Gasteiger partial charge on any atom is -0.445 e. The van der Waals surface area contributed by atoms with Gasteiger partial charge in [-0.1, -0.05) is 50.2 Å². The summed E-state index contributed by atoms with van der Waals surface area (Å²) >= 11 is 0. The minimum atomic E-state index is -3.83. The third kappa shape index (κ3) is 4.89. The number of benzene rings is 2. The topological polar surface area (TPSA) is 79.0 Å². The average molecular weight is 492 g/mol. The van der Waals surface area contributed by atoms with Crippen LogP contribution in [0.2, 0.25) is 0 Å². The molecule has 2 aromatic rings. The van der Waals surface area contributed by atoms with E-state index in [4.69, 9.17) is 4.74 Å². The van der Waals surface area contributed by atoms with Crippen molar-refractivity contribution >= 4 is 21.8 Å². The van der Waals surface area contributed by atoms with Gasteiger partial charge in [0, 0.05) is 21.1 Å². The Bertz CT molecular complexity index is 1150. The number of sulfonamides is 1. The zero-order chi connectivity index (χ0) is 24.9. The van der Waals surface area contributed by atoms with Gasteiger partial charge in [0.25, 0.3) is 10.0 Å². The second-order valence-corrected chi connectivity index (χ2v) is 9.77. The third-order valence-electron chi connectivity index (χ3n) is 6.09. The van der Waals surface area contributed by atoms with E-state index in [2.05, 4.69) is 5.32 Å². The maximum Gasteiger partial charge on any atom is 0.410 e. The van der Waals surface area contributed by atoms with Gasteiger partial charge in [-0.05, 0) is 43.5 Å². The highest BCUT2D eigenvalue weighted by Crippen LogP contribution is 2.46. The molecule has 1 fully saturated rings. The normalized spacial score (nSPS) is 23.1. The number of hydrogen-bond acceptors (Lipinski definition) is 5. The van der Waals surface area contributed by atoms with Crippen molar-refractivity contribution in [3.63, 3.8) is 0 Å². The van der Waals surface area contributed by atoms with Crippen LogP contribution >= 0.6 is 0 Å². The molecular formula is C25H34FN3O4S. The van der Waals surface area contributed by atoms with Gasteiger partial charge >= 0.3 is 6.09 Å². The lowest BCUT2D eigenvalue weighted by molar-refractivity contribution is 0.0613. The van der Waals surface area contributed by atoms with Crippen molar-refractivity contribution in [1.29, 1.82) is 0 Å². The first-order valence-corrected chi connectivity index (χ1v) is 13.0. The fourth-order valence-electron chi connectivity index (χ4n) is 4.68. The molecular weight excluding hydrogens is 457 g/mol. The Labute approximate surface area is 202 Å². The van der Waals surface area contributed by atoms with Gasteiger partial charge in [-0.3, -0.25) is 4.31 Å². The first-order valence-electron chi connectivity index (χ1n) is 11.4. The van der Waals surface area contributed by atoms with Gasteiger partial charge in [0.15, 0.2) is 0 Å². The predicted molar refractivity (Wildman–Crippen MR) is 133 cm³/mol. The van der Waals surface area contributed by atoms with E-state index in [1.165, 1.54) is 27.9 Å². The van der Waals surface area contributed by atoms with Crippen molar-refractivity contribution < 1.29 is 23.8 Å². The van der Waals surface area contributed by atoms with Crippen LogP contribution in [0.5, 0.6) is 0 Å². The van der Waals surface area contributed by atoms with E-state index < -0.39 is 27.5 Å². The second kappa shape index (κ2) is 10.5. The lowest BCUT2D eigenvalue weighted by Gasteiger charge is -2.48. The van der Waals surface area contributed by atoms with Crippen LogP contribution in [0.3, 0.4) is 0 Å². The molecule has 0 aromatic heterocycles. The number of hydrogen-bond donors (Lipinski definition) is 1. The Kier molecular flexibility index (Phi) is 7.86. The number of ether oxygens (including phenoxy) is 1. The van der Waals surface area contributed by atoms with E-state index in [1.807, 2.05) is 51.1 Å². The van der Waals surface area contributed by atoms with Crippen LogP contribution in [0.15, 0.2) is 65.7 Å². The molecule has 1 N–H and O–H groups in total. The number of halogens is 1. The van der Waals surface area contributed by atoms with E-state index in [9.17, 15) is 17.6 Å². The lowest BCUT2D eigenvalue weighted by Crippen LogP contribution is -2.60. The second-order valence-electron chi connectivity index (χ2n) is 8.14. The number of anilines is 1. The summed E-state index contributed by atoms with van der Waals surface area (Å²) in [5, 5.41) is 4.22. The number of carbonyl (C=O) groups excluding carboxylic acids is 1. The molecule has 9 heteroatoms. The molecule has 2 heterocycles. The van der Waals surface area contributed by atoms with E-state index in [0.717, 1.165) is 5.56 Å². The van der Waals surface area contributed by atoms with Crippen LogP contribution in [0.1, 0.15) is 40.6 Å². The summed E-state index contributed by atoms with van der Waals surface area (Å²) in [6.07, 6.45) is 0.250. The van der Waals surface area contributed by atoms with Gasteiger partial charge in [-0.25, -0.2) is 17.6 Å². The number of likely N-dealkylation sites (tertiary alicyclic amines) is 1. The number of carbonyl (C=O) groups is 1. The summed E-state index contributed by atoms with van der Waals surface area (Å²) in [5.41, 5.74) is 0.753. The zero-order valence-corrected chi connectivity index (χ0v) is 20.8. The van der Waals surface area contributed by atoms with Crippen LogP contribution in [0.25, 0.3) is 0 Å². The Balaban J connectivity index is 0.00000140. The maximum atomic E-state index is 14.0. The van der Waals surface area contributed by atoms with Gasteiger partial charge in [0.1, 0.15) is 12.4 Å². The average Bonchev–Trinajstić information content (AvgIpc) is 3.04. The summed E-state index contributed by atoms with van der Waals surface area (Å²) in [4.78, 5) is 14.4. The summed E-state index contributed by atoms with van der Waals surface area (Å²) in [5.74, 6) is -0.513. The summed E-state index contributed by atoms with van der Waals surface area (Å²) in [7, 11) is -2.16. The van der Waals surface area contributed by atoms with Crippen molar-refractivity contribution in [2.24, 2.45) is 0 Å². The summed E-state index contributed by atoms with van der Waals surface area (Å²) in [6.45, 7) is 6.33. The largest absolute Gasteiger partial charge is 0.445 e. The number of piperidine rings is 1. The fraction of sp³-hybridized carbons (Fsp3) is 0.400. The molecule has 0 unspecified atom stereocenters. The molecule has 2 aliphatic heterocycles. The maximum absolute atomic E-state index is 14.0. The van der Waals surface area contributed by atoms with E-state index in [1.54, 1.807) is 18.0 Å². The zero-order valence-electron chi connectivity index (χ0n) is 20.0. The minimum absolute atomic E-state index is 0. The molecule has 186 valence electrons. The van der Waals surface area contributed by atoms with E-state index in [-0.39, 0.29) is 19.8 Å². The SMILES string of the molecule is CC.CNC1=CS(=O)(=O)N(c2cccc(F)c2)[C@@]12CCN(C(=O)OCc1ccccc1)[C@@H](C)C2.[HH]. The predicted octanol–water partition coefficient (Wildman–Crippen LogP) is 4.87. The van der Waals surface area contributed by atoms with Crippen LogP contribution < -0.4 is 9.62 Å². The fourth-order valence-corrected chi connectivity index (χ4v) is 6.58. The Morgan fingerprint density at radius 2 is 1.91 bits per heavy atom. The number of rotatable bonds is 4. The molecule has 4 rings (SSSR count). The molecule has 7 nitrogen and oxygen atoms in total. The first-order chi connectivity index (χ1) is 16.3.